The maximum Gasteiger partial charge on any atom is 0.167 e. The van der Waals surface area contributed by atoms with Gasteiger partial charge in [-0.25, -0.2) is 4.98 Å². The molecule has 0 spiro atoms. The Kier molecular flexibility index (Phi) is 3.28. The van der Waals surface area contributed by atoms with Crippen molar-refractivity contribution in [3.8, 4) is 0 Å². The average molecular weight is 237 g/mol. The molecule has 2 rings (SSSR count). The maximum absolute atomic E-state index is 5.68. The fourth-order valence-electron chi connectivity index (χ4n) is 2.93. The zero-order valence-corrected chi connectivity index (χ0v) is 10.7. The molecule has 1 fully saturated rings. The number of imidazole rings is 1. The number of hydrogen-bond acceptors (Lipinski definition) is 2. The van der Waals surface area contributed by atoms with E-state index in [1.54, 1.807) is 6.20 Å². The van der Waals surface area contributed by atoms with Crippen LogP contribution in [-0.2, 0) is 0 Å². The first-order valence-electron chi connectivity index (χ1n) is 5.90. The van der Waals surface area contributed by atoms with Crippen molar-refractivity contribution in [2.24, 2.45) is 17.6 Å². The number of nitrogens with zero attached hydrogens (tertiary/aromatic N) is 2. The molecule has 1 aliphatic rings. The van der Waals surface area contributed by atoms with Gasteiger partial charge in [-0.1, -0.05) is 26.1 Å². The highest BCUT2D eigenvalue weighted by atomic mass is 32.1. The molecule has 16 heavy (non-hydrogen) atoms. The molecule has 1 aromatic heterocycles. The van der Waals surface area contributed by atoms with Crippen molar-refractivity contribution in [3.63, 3.8) is 0 Å². The summed E-state index contributed by atoms with van der Waals surface area (Å²) in [6.45, 7) is 4.64. The first kappa shape index (κ1) is 11.6. The molecule has 2 atom stereocenters. The van der Waals surface area contributed by atoms with Gasteiger partial charge in [-0.05, 0) is 31.1 Å². The van der Waals surface area contributed by atoms with Crippen molar-refractivity contribution in [2.75, 3.05) is 0 Å². The van der Waals surface area contributed by atoms with Crippen molar-refractivity contribution in [1.82, 2.24) is 9.55 Å². The van der Waals surface area contributed by atoms with E-state index in [-0.39, 0.29) is 0 Å². The lowest BCUT2D eigenvalue weighted by Crippen LogP contribution is -2.26. The second-order valence-corrected chi connectivity index (χ2v) is 5.53. The number of rotatable bonds is 2. The zero-order chi connectivity index (χ0) is 11.7. The van der Waals surface area contributed by atoms with E-state index in [9.17, 15) is 0 Å². The molecule has 0 saturated heterocycles. The second kappa shape index (κ2) is 4.53. The van der Waals surface area contributed by atoms with Gasteiger partial charge < -0.3 is 10.3 Å². The van der Waals surface area contributed by atoms with E-state index in [1.165, 1.54) is 19.3 Å². The van der Waals surface area contributed by atoms with Gasteiger partial charge in [-0.15, -0.1) is 0 Å². The summed E-state index contributed by atoms with van der Waals surface area (Å²) in [5.41, 5.74) is 5.68. The summed E-state index contributed by atoms with van der Waals surface area (Å²) in [6, 6.07) is 0.512. The molecule has 1 saturated carbocycles. The Morgan fingerprint density at radius 2 is 2.00 bits per heavy atom. The third-order valence-corrected chi connectivity index (χ3v) is 3.62. The van der Waals surface area contributed by atoms with E-state index in [4.69, 9.17) is 18.0 Å². The van der Waals surface area contributed by atoms with Gasteiger partial charge in [0.2, 0.25) is 0 Å². The molecular weight excluding hydrogens is 218 g/mol. The largest absolute Gasteiger partial charge is 0.387 e. The SMILES string of the molecule is CC1CC(C)CC(n2ccnc2C(N)=S)C1. The number of aromatic nitrogens is 2. The molecular formula is C12H19N3S. The van der Waals surface area contributed by atoms with Crippen LogP contribution in [-0.4, -0.2) is 14.5 Å². The molecule has 3 nitrogen and oxygen atoms in total. The van der Waals surface area contributed by atoms with Gasteiger partial charge in [0.1, 0.15) is 4.99 Å². The van der Waals surface area contributed by atoms with Crippen LogP contribution in [0.3, 0.4) is 0 Å². The molecule has 88 valence electrons. The molecule has 4 heteroatoms. The quantitative estimate of drug-likeness (QED) is 0.804. The van der Waals surface area contributed by atoms with Gasteiger partial charge in [-0.3, -0.25) is 0 Å². The highest BCUT2D eigenvalue weighted by Gasteiger charge is 2.26. The van der Waals surface area contributed by atoms with Crippen molar-refractivity contribution in [3.05, 3.63) is 18.2 Å². The van der Waals surface area contributed by atoms with Crippen LogP contribution >= 0.6 is 12.2 Å². The molecule has 0 radical (unpaired) electrons. The number of hydrogen-bond donors (Lipinski definition) is 1. The minimum atomic E-state index is 0.399. The molecule has 1 aromatic rings. The van der Waals surface area contributed by atoms with Crippen LogP contribution in [0.25, 0.3) is 0 Å². The standard InChI is InChI=1S/C12H19N3S/c1-8-5-9(2)7-10(6-8)15-4-3-14-12(15)11(13)16/h3-4,8-10H,5-7H2,1-2H3,(H2,13,16). The van der Waals surface area contributed by atoms with E-state index in [0.717, 1.165) is 17.7 Å². The predicted octanol–water partition coefficient (Wildman–Crippen LogP) is 2.51. The third kappa shape index (κ3) is 2.26. The van der Waals surface area contributed by atoms with Gasteiger partial charge in [0.15, 0.2) is 5.82 Å². The van der Waals surface area contributed by atoms with Crippen LogP contribution in [0.15, 0.2) is 12.4 Å². The van der Waals surface area contributed by atoms with E-state index in [2.05, 4.69) is 23.4 Å². The summed E-state index contributed by atoms with van der Waals surface area (Å²) in [7, 11) is 0. The smallest absolute Gasteiger partial charge is 0.167 e. The fourth-order valence-corrected chi connectivity index (χ4v) is 3.09. The Morgan fingerprint density at radius 3 is 2.56 bits per heavy atom. The van der Waals surface area contributed by atoms with Gasteiger partial charge in [-0.2, -0.15) is 0 Å². The predicted molar refractivity (Wildman–Crippen MR) is 69.3 cm³/mol. The minimum absolute atomic E-state index is 0.399. The lowest BCUT2D eigenvalue weighted by Gasteiger charge is -2.32. The first-order chi connectivity index (χ1) is 7.58. The van der Waals surface area contributed by atoms with Gasteiger partial charge in [0.25, 0.3) is 0 Å². The summed E-state index contributed by atoms with van der Waals surface area (Å²) in [5, 5.41) is 0. The first-order valence-corrected chi connectivity index (χ1v) is 6.31. The van der Waals surface area contributed by atoms with Crippen molar-refractivity contribution in [2.45, 2.75) is 39.2 Å². The summed E-state index contributed by atoms with van der Waals surface area (Å²) < 4.78 is 2.16. The van der Waals surface area contributed by atoms with Crippen molar-refractivity contribution < 1.29 is 0 Å². The Hall–Kier alpha value is -0.900. The Labute approximate surface area is 102 Å². The van der Waals surface area contributed by atoms with Crippen LogP contribution in [0.1, 0.15) is 45.0 Å². The molecule has 1 aliphatic carbocycles. The molecule has 2 N–H and O–H groups in total. The normalized spacial score (nSPS) is 30.2. The summed E-state index contributed by atoms with van der Waals surface area (Å²) in [4.78, 5) is 4.64. The number of thiocarbonyl (C=S) groups is 1. The van der Waals surface area contributed by atoms with Crippen molar-refractivity contribution in [1.29, 1.82) is 0 Å². The Balaban J connectivity index is 2.23. The van der Waals surface area contributed by atoms with Crippen LogP contribution < -0.4 is 5.73 Å². The van der Waals surface area contributed by atoms with Gasteiger partial charge in [0, 0.05) is 18.4 Å². The van der Waals surface area contributed by atoms with Gasteiger partial charge >= 0.3 is 0 Å². The molecule has 0 bridgehead atoms. The van der Waals surface area contributed by atoms with E-state index in [1.807, 2.05) is 6.20 Å². The topological polar surface area (TPSA) is 43.8 Å². The zero-order valence-electron chi connectivity index (χ0n) is 9.89. The molecule has 1 heterocycles. The lowest BCUT2D eigenvalue weighted by molar-refractivity contribution is 0.221. The van der Waals surface area contributed by atoms with E-state index < -0.39 is 0 Å². The number of nitrogens with two attached hydrogens (primary N) is 1. The monoisotopic (exact) mass is 237 g/mol. The van der Waals surface area contributed by atoms with Crippen LogP contribution in [0, 0.1) is 11.8 Å². The summed E-state index contributed by atoms with van der Waals surface area (Å²) >= 11 is 5.03. The summed E-state index contributed by atoms with van der Waals surface area (Å²) in [6.07, 6.45) is 7.53. The van der Waals surface area contributed by atoms with Crippen molar-refractivity contribution >= 4 is 17.2 Å². The minimum Gasteiger partial charge on any atom is -0.387 e. The molecule has 0 aliphatic heterocycles. The van der Waals surface area contributed by atoms with Crippen LogP contribution in [0.5, 0.6) is 0 Å². The van der Waals surface area contributed by atoms with E-state index >= 15 is 0 Å². The van der Waals surface area contributed by atoms with E-state index in [0.29, 0.717) is 11.0 Å². The summed E-state index contributed by atoms with van der Waals surface area (Å²) in [5.74, 6) is 2.31. The fraction of sp³-hybridized carbons (Fsp3) is 0.667. The average Bonchev–Trinajstić information content (AvgIpc) is 2.63. The maximum atomic E-state index is 5.68. The lowest BCUT2D eigenvalue weighted by atomic mass is 9.80. The molecule has 0 aromatic carbocycles. The highest BCUT2D eigenvalue weighted by Crippen LogP contribution is 2.36. The Morgan fingerprint density at radius 1 is 1.38 bits per heavy atom. The molecule has 0 amide bonds. The highest BCUT2D eigenvalue weighted by molar-refractivity contribution is 7.80. The Bertz CT molecular complexity index is 375. The second-order valence-electron chi connectivity index (χ2n) is 5.09. The van der Waals surface area contributed by atoms with Crippen LogP contribution in [0.4, 0.5) is 0 Å². The molecule has 2 unspecified atom stereocenters. The van der Waals surface area contributed by atoms with Gasteiger partial charge in [0.05, 0.1) is 0 Å². The third-order valence-electron chi connectivity index (χ3n) is 3.44. The van der Waals surface area contributed by atoms with Crippen LogP contribution in [0.2, 0.25) is 0 Å².